The quantitative estimate of drug-likeness (QED) is 0.604. The molecule has 0 heterocycles. The van der Waals surface area contributed by atoms with Crippen LogP contribution in [0.3, 0.4) is 0 Å². The van der Waals surface area contributed by atoms with Gasteiger partial charge in [-0.05, 0) is 18.4 Å². The van der Waals surface area contributed by atoms with Crippen molar-refractivity contribution in [2.24, 2.45) is 0 Å². The van der Waals surface area contributed by atoms with Gasteiger partial charge in [-0.3, -0.25) is 0 Å². The minimum atomic E-state index is 0. The Hall–Kier alpha value is -0.430. The van der Waals surface area contributed by atoms with Gasteiger partial charge >= 0.3 is 0 Å². The van der Waals surface area contributed by atoms with Crippen LogP contribution in [0.1, 0.15) is 30.9 Å². The van der Waals surface area contributed by atoms with Crippen molar-refractivity contribution < 1.29 is 0 Å². The van der Waals surface area contributed by atoms with E-state index in [0.717, 1.165) is 0 Å². The van der Waals surface area contributed by atoms with Crippen LogP contribution in [0.25, 0.3) is 0 Å². The monoisotopic (exact) mass is 168 g/mol. The van der Waals surface area contributed by atoms with E-state index in [2.05, 4.69) is 45.0 Å². The molecule has 0 aromatic heterocycles. The molecule has 0 radical (unpaired) electrons. The maximum atomic E-state index is 2.21. The molecule has 0 unspecified atom stereocenters. The molecule has 0 amide bonds. The van der Waals surface area contributed by atoms with Crippen molar-refractivity contribution in [2.45, 2.75) is 26.7 Å². The van der Waals surface area contributed by atoms with Gasteiger partial charge in [-0.2, -0.15) is 13.5 Å². The smallest absolute Gasteiger partial charge is 0.0219 e. The summed E-state index contributed by atoms with van der Waals surface area (Å²) >= 11 is 0. The van der Waals surface area contributed by atoms with E-state index in [1.165, 1.54) is 11.1 Å². The molecule has 1 heteroatoms. The zero-order valence-corrected chi connectivity index (χ0v) is 8.39. The lowest BCUT2D eigenvalue weighted by atomic mass is 10.0. The topological polar surface area (TPSA) is 0 Å². The molecule has 0 saturated carbocycles. The first-order chi connectivity index (χ1) is 4.70. The van der Waals surface area contributed by atoms with E-state index in [9.17, 15) is 0 Å². The first-order valence-corrected chi connectivity index (χ1v) is 3.76. The van der Waals surface area contributed by atoms with Crippen LogP contribution < -0.4 is 0 Å². The Bertz CT molecular complexity index is 199. The lowest BCUT2D eigenvalue weighted by Crippen LogP contribution is -1.85. The second-order valence-electron chi connectivity index (χ2n) is 3.07. The third-order valence-electron chi connectivity index (χ3n) is 1.74. The molecule has 0 nitrogen and oxygen atoms in total. The molecule has 1 aromatic rings. The van der Waals surface area contributed by atoms with Crippen molar-refractivity contribution in [2.75, 3.05) is 0 Å². The van der Waals surface area contributed by atoms with Crippen LogP contribution in [0.15, 0.2) is 24.3 Å². The zero-order valence-electron chi connectivity index (χ0n) is 7.39. The van der Waals surface area contributed by atoms with Gasteiger partial charge in [-0.15, -0.1) is 0 Å². The first kappa shape index (κ1) is 10.6. The van der Waals surface area contributed by atoms with Crippen LogP contribution >= 0.6 is 13.5 Å². The molecule has 1 aromatic carbocycles. The summed E-state index contributed by atoms with van der Waals surface area (Å²) in [5, 5.41) is 0. The first-order valence-electron chi connectivity index (χ1n) is 3.76. The predicted octanol–water partition coefficient (Wildman–Crippen LogP) is 3.23. The van der Waals surface area contributed by atoms with Crippen LogP contribution in [-0.4, -0.2) is 0 Å². The molecule has 0 fully saturated rings. The van der Waals surface area contributed by atoms with Crippen molar-refractivity contribution in [3.8, 4) is 0 Å². The fourth-order valence-electron chi connectivity index (χ4n) is 0.951. The van der Waals surface area contributed by atoms with E-state index in [1.807, 2.05) is 0 Å². The van der Waals surface area contributed by atoms with Gasteiger partial charge in [0.05, 0.1) is 0 Å². The molecule has 0 bridgehead atoms. The molecule has 11 heavy (non-hydrogen) atoms. The van der Waals surface area contributed by atoms with Gasteiger partial charge in [0.25, 0.3) is 0 Å². The molecule has 0 aliphatic carbocycles. The van der Waals surface area contributed by atoms with Gasteiger partial charge in [0, 0.05) is 0 Å². The summed E-state index contributed by atoms with van der Waals surface area (Å²) in [6.07, 6.45) is 0. The second kappa shape index (κ2) is 4.45. The summed E-state index contributed by atoms with van der Waals surface area (Å²) in [7, 11) is 0. The van der Waals surface area contributed by atoms with Crippen molar-refractivity contribution >= 4 is 13.5 Å². The number of hydrogen-bond acceptors (Lipinski definition) is 0. The minimum absolute atomic E-state index is 0. The average Bonchev–Trinajstić information content (AvgIpc) is 1.88. The average molecular weight is 168 g/mol. The van der Waals surface area contributed by atoms with E-state index >= 15 is 0 Å². The van der Waals surface area contributed by atoms with Crippen LogP contribution in [0, 0.1) is 6.92 Å². The Morgan fingerprint density at radius 1 is 1.00 bits per heavy atom. The van der Waals surface area contributed by atoms with Crippen LogP contribution in [0.5, 0.6) is 0 Å². The summed E-state index contributed by atoms with van der Waals surface area (Å²) in [4.78, 5) is 0. The van der Waals surface area contributed by atoms with Gasteiger partial charge in [-0.25, -0.2) is 0 Å². The van der Waals surface area contributed by atoms with Gasteiger partial charge in [0.15, 0.2) is 0 Å². The highest BCUT2D eigenvalue weighted by molar-refractivity contribution is 7.59. The summed E-state index contributed by atoms with van der Waals surface area (Å²) < 4.78 is 0. The molecule has 0 spiro atoms. The molecule has 0 aliphatic heterocycles. The van der Waals surface area contributed by atoms with E-state index < -0.39 is 0 Å². The second-order valence-corrected chi connectivity index (χ2v) is 3.07. The van der Waals surface area contributed by atoms with E-state index in [-0.39, 0.29) is 13.5 Å². The molecular formula is C10H16S. The number of aryl methyl sites for hydroxylation is 1. The molecule has 1 rings (SSSR count). The maximum absolute atomic E-state index is 2.21. The van der Waals surface area contributed by atoms with Crippen LogP contribution in [0.4, 0.5) is 0 Å². The van der Waals surface area contributed by atoms with E-state index in [1.54, 1.807) is 0 Å². The highest BCUT2D eigenvalue weighted by Crippen LogP contribution is 2.13. The van der Waals surface area contributed by atoms with Gasteiger partial charge in [0.2, 0.25) is 0 Å². The number of hydrogen-bond donors (Lipinski definition) is 0. The van der Waals surface area contributed by atoms with E-state index in [0.29, 0.717) is 5.92 Å². The van der Waals surface area contributed by atoms with Crippen molar-refractivity contribution in [1.29, 1.82) is 0 Å². The maximum Gasteiger partial charge on any atom is -0.0219 e. The van der Waals surface area contributed by atoms with Crippen LogP contribution in [0.2, 0.25) is 0 Å². The summed E-state index contributed by atoms with van der Waals surface area (Å²) in [6, 6.07) is 8.71. The predicted molar refractivity (Wildman–Crippen MR) is 55.6 cm³/mol. The Labute approximate surface area is 76.1 Å². The summed E-state index contributed by atoms with van der Waals surface area (Å²) in [5.74, 6) is 0.653. The molecular weight excluding hydrogens is 152 g/mol. The van der Waals surface area contributed by atoms with Crippen LogP contribution in [-0.2, 0) is 0 Å². The number of benzene rings is 1. The van der Waals surface area contributed by atoms with Crippen molar-refractivity contribution in [3.05, 3.63) is 35.4 Å². The summed E-state index contributed by atoms with van der Waals surface area (Å²) in [6.45, 7) is 6.54. The van der Waals surface area contributed by atoms with Gasteiger partial charge in [0.1, 0.15) is 0 Å². The van der Waals surface area contributed by atoms with Gasteiger partial charge in [-0.1, -0.05) is 43.7 Å². The third-order valence-corrected chi connectivity index (χ3v) is 1.74. The van der Waals surface area contributed by atoms with E-state index in [4.69, 9.17) is 0 Å². The molecule has 0 atom stereocenters. The fraction of sp³-hybridized carbons (Fsp3) is 0.400. The lowest BCUT2D eigenvalue weighted by Gasteiger charge is -2.03. The minimum Gasteiger partial charge on any atom is -0.197 e. The Balaban J connectivity index is 0.000001000. The fourth-order valence-corrected chi connectivity index (χ4v) is 0.951. The third kappa shape index (κ3) is 2.98. The molecule has 0 N–H and O–H groups in total. The number of rotatable bonds is 1. The van der Waals surface area contributed by atoms with Crippen molar-refractivity contribution in [1.82, 2.24) is 0 Å². The Morgan fingerprint density at radius 3 is 1.82 bits per heavy atom. The molecule has 62 valence electrons. The Kier molecular flexibility index (Phi) is 4.27. The lowest BCUT2D eigenvalue weighted by molar-refractivity contribution is 0.866. The molecule has 0 saturated heterocycles. The highest BCUT2D eigenvalue weighted by Gasteiger charge is 1.95. The zero-order chi connectivity index (χ0) is 7.56. The summed E-state index contributed by atoms with van der Waals surface area (Å²) in [5.41, 5.74) is 2.76. The largest absolute Gasteiger partial charge is 0.197 e. The SMILES string of the molecule is Cc1ccc(C(C)C)cc1.S. The normalized spacial score (nSPS) is 9.45. The Morgan fingerprint density at radius 2 is 1.45 bits per heavy atom. The highest BCUT2D eigenvalue weighted by atomic mass is 32.1. The van der Waals surface area contributed by atoms with Gasteiger partial charge < -0.3 is 0 Å². The standard InChI is InChI=1S/C10H14.H2S/c1-8(2)10-6-4-9(3)5-7-10;/h4-8H,1-3H3;1H2. The van der Waals surface area contributed by atoms with Crippen molar-refractivity contribution in [3.63, 3.8) is 0 Å². The molecule has 0 aliphatic rings.